The zero-order valence-electron chi connectivity index (χ0n) is 24.9. The average molecular weight is 650 g/mol. The standard InChI is InChI=1S/C32H30Cl2N6O5/c1-43-26-15-24(38-10-8-37(9-11-38)19-4-5-19)25(40(41)42)13-20(26)22-14-23-18(17-36-22)12-21(32-35-6-7-39(23)32)29-30(33)27(44-2)16-28(45-3)31(29)34/h6-7,12-17,19H,4-5,8-11H2,1-3H3. The monoisotopic (exact) mass is 648 g/mol. The van der Waals surface area contributed by atoms with Crippen molar-refractivity contribution in [2.45, 2.75) is 18.9 Å². The van der Waals surface area contributed by atoms with E-state index >= 15 is 0 Å². The minimum atomic E-state index is -0.331. The lowest BCUT2D eigenvalue weighted by Crippen LogP contribution is -2.47. The third-order valence-electron chi connectivity index (χ3n) is 8.68. The van der Waals surface area contributed by atoms with Gasteiger partial charge in [0.2, 0.25) is 0 Å². The van der Waals surface area contributed by atoms with E-state index in [9.17, 15) is 10.1 Å². The molecule has 0 unspecified atom stereocenters. The van der Waals surface area contributed by atoms with Gasteiger partial charge in [0.15, 0.2) is 0 Å². The summed E-state index contributed by atoms with van der Waals surface area (Å²) >= 11 is 13.6. The van der Waals surface area contributed by atoms with Crippen LogP contribution >= 0.6 is 23.2 Å². The molecule has 4 heterocycles. The fourth-order valence-corrected chi connectivity index (χ4v) is 6.94. The van der Waals surface area contributed by atoms with E-state index in [1.54, 1.807) is 37.7 Å². The van der Waals surface area contributed by atoms with Crippen LogP contribution in [0.25, 0.3) is 38.9 Å². The van der Waals surface area contributed by atoms with Crippen LogP contribution in [0.15, 0.2) is 48.9 Å². The van der Waals surface area contributed by atoms with Crippen LogP contribution in [-0.4, -0.2) is 77.7 Å². The van der Waals surface area contributed by atoms with E-state index in [4.69, 9.17) is 42.4 Å². The van der Waals surface area contributed by atoms with Gasteiger partial charge in [-0.25, -0.2) is 4.98 Å². The maximum absolute atomic E-state index is 12.4. The molecule has 232 valence electrons. The van der Waals surface area contributed by atoms with Gasteiger partial charge in [0.25, 0.3) is 5.69 Å². The molecule has 0 radical (unpaired) electrons. The van der Waals surface area contributed by atoms with E-state index in [0.717, 1.165) is 37.1 Å². The molecule has 7 rings (SSSR count). The highest BCUT2D eigenvalue weighted by atomic mass is 35.5. The highest BCUT2D eigenvalue weighted by Gasteiger charge is 2.33. The number of halogens is 2. The number of nitro groups is 1. The first-order chi connectivity index (χ1) is 21.8. The molecule has 5 aromatic rings. The summed E-state index contributed by atoms with van der Waals surface area (Å²) in [6, 6.07) is 9.42. The molecule has 0 atom stereocenters. The van der Waals surface area contributed by atoms with Crippen LogP contribution in [0.3, 0.4) is 0 Å². The summed E-state index contributed by atoms with van der Waals surface area (Å²) in [6.45, 7) is 3.23. The number of imidazole rings is 1. The Labute approximate surface area is 269 Å². The van der Waals surface area contributed by atoms with Crippen molar-refractivity contribution in [2.75, 3.05) is 52.4 Å². The van der Waals surface area contributed by atoms with Crippen LogP contribution in [0.2, 0.25) is 10.0 Å². The van der Waals surface area contributed by atoms with E-state index in [1.807, 2.05) is 22.7 Å². The van der Waals surface area contributed by atoms with E-state index in [-0.39, 0.29) is 10.6 Å². The summed E-state index contributed by atoms with van der Waals surface area (Å²) in [5.74, 6) is 1.33. The maximum Gasteiger partial charge on any atom is 0.293 e. The van der Waals surface area contributed by atoms with Gasteiger partial charge in [-0.05, 0) is 25.0 Å². The summed E-state index contributed by atoms with van der Waals surface area (Å²) < 4.78 is 18.7. The Balaban J connectivity index is 1.34. The van der Waals surface area contributed by atoms with Crippen LogP contribution in [0.5, 0.6) is 17.2 Å². The SMILES string of the molecule is COc1cc(N2CCN(C3CC3)CC2)c([N+](=O)[O-])cc1-c1cc2c(cn1)cc(-c1c(Cl)c(OC)cc(OC)c1Cl)c1nccn12. The van der Waals surface area contributed by atoms with Crippen molar-refractivity contribution in [2.24, 2.45) is 0 Å². The minimum Gasteiger partial charge on any atom is -0.496 e. The van der Waals surface area contributed by atoms with Crippen molar-refractivity contribution in [3.05, 3.63) is 69.1 Å². The molecule has 0 spiro atoms. The third-order valence-corrected chi connectivity index (χ3v) is 9.43. The molecular weight excluding hydrogens is 619 g/mol. The van der Waals surface area contributed by atoms with Crippen LogP contribution in [-0.2, 0) is 0 Å². The number of benzene rings is 2. The molecule has 3 aromatic heterocycles. The van der Waals surface area contributed by atoms with Crippen LogP contribution < -0.4 is 19.1 Å². The Hall–Kier alpha value is -4.32. The van der Waals surface area contributed by atoms with E-state index in [2.05, 4.69) is 14.8 Å². The van der Waals surface area contributed by atoms with Gasteiger partial charge in [0.05, 0.1) is 47.5 Å². The van der Waals surface area contributed by atoms with Crippen LogP contribution in [0.4, 0.5) is 11.4 Å². The first-order valence-electron chi connectivity index (χ1n) is 14.5. The first kappa shape index (κ1) is 29.4. The Morgan fingerprint density at radius 3 is 2.18 bits per heavy atom. The summed E-state index contributed by atoms with van der Waals surface area (Å²) in [5, 5.41) is 13.8. The van der Waals surface area contributed by atoms with Gasteiger partial charge in [-0.15, -0.1) is 0 Å². The summed E-state index contributed by atoms with van der Waals surface area (Å²) in [5.41, 5.74) is 4.17. The lowest BCUT2D eigenvalue weighted by molar-refractivity contribution is -0.384. The number of nitrogens with zero attached hydrogens (tertiary/aromatic N) is 6. The van der Waals surface area contributed by atoms with Gasteiger partial charge in [-0.3, -0.25) is 24.4 Å². The zero-order chi connectivity index (χ0) is 31.4. The van der Waals surface area contributed by atoms with E-state index < -0.39 is 0 Å². The number of ether oxygens (including phenoxy) is 3. The lowest BCUT2D eigenvalue weighted by Gasteiger charge is -2.36. The maximum atomic E-state index is 12.4. The molecule has 2 aliphatic rings. The lowest BCUT2D eigenvalue weighted by atomic mass is 10.0. The number of nitro benzene ring substituents is 1. The molecule has 11 nitrogen and oxygen atoms in total. The molecule has 1 saturated carbocycles. The van der Waals surface area contributed by atoms with Gasteiger partial charge >= 0.3 is 0 Å². The quantitative estimate of drug-likeness (QED) is 0.133. The smallest absolute Gasteiger partial charge is 0.293 e. The largest absolute Gasteiger partial charge is 0.496 e. The van der Waals surface area contributed by atoms with Crippen molar-refractivity contribution in [3.8, 4) is 39.6 Å². The molecule has 0 bridgehead atoms. The predicted molar refractivity (Wildman–Crippen MR) is 175 cm³/mol. The van der Waals surface area contributed by atoms with Crippen LogP contribution in [0, 0.1) is 10.1 Å². The molecule has 1 aliphatic carbocycles. The molecule has 45 heavy (non-hydrogen) atoms. The van der Waals surface area contributed by atoms with Crippen molar-refractivity contribution >= 4 is 51.1 Å². The van der Waals surface area contributed by atoms with Crippen molar-refractivity contribution in [1.29, 1.82) is 0 Å². The number of rotatable bonds is 8. The number of anilines is 1. The summed E-state index contributed by atoms with van der Waals surface area (Å²) in [6.07, 6.45) is 7.70. The number of fused-ring (bicyclic) bond motifs is 3. The fraction of sp³-hybridized carbons (Fsp3) is 0.312. The molecule has 0 amide bonds. The average Bonchev–Trinajstić information content (AvgIpc) is 3.79. The number of hydrogen-bond acceptors (Lipinski definition) is 9. The molecule has 0 N–H and O–H groups in total. The second-order valence-electron chi connectivity index (χ2n) is 11.1. The number of methoxy groups -OCH3 is 3. The van der Waals surface area contributed by atoms with Gasteiger partial charge < -0.3 is 19.1 Å². The molecular formula is C32H30Cl2N6O5. The Kier molecular flexibility index (Phi) is 7.55. The summed E-state index contributed by atoms with van der Waals surface area (Å²) in [7, 11) is 4.61. The summed E-state index contributed by atoms with van der Waals surface area (Å²) in [4.78, 5) is 25.9. The molecule has 13 heteroatoms. The Morgan fingerprint density at radius 1 is 0.867 bits per heavy atom. The van der Waals surface area contributed by atoms with Crippen molar-refractivity contribution in [1.82, 2.24) is 19.3 Å². The minimum absolute atomic E-state index is 0.0203. The molecule has 2 aromatic carbocycles. The predicted octanol–water partition coefficient (Wildman–Crippen LogP) is 6.74. The topological polar surface area (TPSA) is 108 Å². The van der Waals surface area contributed by atoms with Crippen LogP contribution in [0.1, 0.15) is 12.8 Å². The van der Waals surface area contributed by atoms with Gasteiger partial charge in [0, 0.05) is 91.1 Å². The molecule has 2 fully saturated rings. The van der Waals surface area contributed by atoms with Gasteiger partial charge in [0.1, 0.15) is 28.6 Å². The number of pyridine rings is 2. The molecule has 1 aliphatic heterocycles. The molecule has 1 saturated heterocycles. The van der Waals surface area contributed by atoms with Gasteiger partial charge in [-0.2, -0.15) is 0 Å². The Morgan fingerprint density at radius 2 is 1.56 bits per heavy atom. The third kappa shape index (κ3) is 5.04. The van der Waals surface area contributed by atoms with Gasteiger partial charge in [-0.1, -0.05) is 23.2 Å². The second kappa shape index (κ2) is 11.6. The number of aromatic nitrogens is 3. The van der Waals surface area contributed by atoms with E-state index in [1.165, 1.54) is 27.1 Å². The number of hydrogen-bond donors (Lipinski definition) is 0. The number of piperazine rings is 1. The second-order valence-corrected chi connectivity index (χ2v) is 11.9. The fourth-order valence-electron chi connectivity index (χ4n) is 6.24. The highest BCUT2D eigenvalue weighted by molar-refractivity contribution is 6.41. The van der Waals surface area contributed by atoms with E-state index in [0.29, 0.717) is 67.1 Å². The van der Waals surface area contributed by atoms with Crippen molar-refractivity contribution < 1.29 is 19.1 Å². The normalized spacial score (nSPS) is 15.5. The van der Waals surface area contributed by atoms with Crippen molar-refractivity contribution in [3.63, 3.8) is 0 Å². The highest BCUT2D eigenvalue weighted by Crippen LogP contribution is 2.48. The Bertz CT molecular complexity index is 1940. The first-order valence-corrected chi connectivity index (χ1v) is 15.3. The zero-order valence-corrected chi connectivity index (χ0v) is 26.4.